The zero-order chi connectivity index (χ0) is 11.4. The fraction of sp³-hybridized carbons (Fsp3) is 0.333. The van der Waals surface area contributed by atoms with Crippen LogP contribution in [0.1, 0.15) is 12.5 Å². The van der Waals surface area contributed by atoms with Crippen LogP contribution in [-0.4, -0.2) is 16.2 Å². The Morgan fingerprint density at radius 1 is 1.56 bits per heavy atom. The van der Waals surface area contributed by atoms with Gasteiger partial charge in [0.1, 0.15) is 0 Å². The first-order chi connectivity index (χ1) is 7.81. The van der Waals surface area contributed by atoms with Crippen molar-refractivity contribution in [3.8, 4) is 6.07 Å². The molecule has 0 aliphatic carbocycles. The van der Waals surface area contributed by atoms with Crippen LogP contribution < -0.4 is 5.32 Å². The molecule has 82 valence electrons. The third kappa shape index (κ3) is 2.20. The maximum absolute atomic E-state index is 8.66. The van der Waals surface area contributed by atoms with Gasteiger partial charge in [-0.3, -0.25) is 0 Å². The molecular formula is C12H14N4. The van der Waals surface area contributed by atoms with Gasteiger partial charge >= 0.3 is 0 Å². The maximum atomic E-state index is 8.66. The number of rotatable bonds is 4. The van der Waals surface area contributed by atoms with Crippen LogP contribution in [0.5, 0.6) is 0 Å². The summed E-state index contributed by atoms with van der Waals surface area (Å²) in [6, 6.07) is 8.19. The molecule has 0 bridgehead atoms. The fourth-order valence-corrected chi connectivity index (χ4v) is 1.59. The van der Waals surface area contributed by atoms with Crippen molar-refractivity contribution in [2.75, 3.05) is 6.54 Å². The number of aromatic nitrogens is 2. The Hall–Kier alpha value is -1.86. The Morgan fingerprint density at radius 2 is 2.44 bits per heavy atom. The van der Waals surface area contributed by atoms with Gasteiger partial charge < -0.3 is 5.32 Å². The van der Waals surface area contributed by atoms with Crippen molar-refractivity contribution >= 4 is 5.52 Å². The Kier molecular flexibility index (Phi) is 3.18. The van der Waals surface area contributed by atoms with Crippen molar-refractivity contribution in [2.45, 2.75) is 13.5 Å². The highest BCUT2D eigenvalue weighted by molar-refractivity contribution is 5.53. The average Bonchev–Trinajstić information content (AvgIpc) is 2.73. The number of pyridine rings is 1. The number of fused-ring (bicyclic) bond motifs is 1. The van der Waals surface area contributed by atoms with E-state index in [1.54, 1.807) is 0 Å². The SMILES string of the molecule is CC(C#N)CNCc1cnn2ccccc12. The summed E-state index contributed by atoms with van der Waals surface area (Å²) in [5.74, 6) is 0.0434. The number of hydrogen-bond acceptors (Lipinski definition) is 3. The largest absolute Gasteiger partial charge is 0.311 e. The number of nitrogens with one attached hydrogen (secondary N) is 1. The Morgan fingerprint density at radius 3 is 3.25 bits per heavy atom. The first-order valence-corrected chi connectivity index (χ1v) is 5.33. The quantitative estimate of drug-likeness (QED) is 0.840. The van der Waals surface area contributed by atoms with Crippen molar-refractivity contribution < 1.29 is 0 Å². The molecule has 2 aromatic rings. The number of nitrogens with zero attached hydrogens (tertiary/aromatic N) is 3. The van der Waals surface area contributed by atoms with E-state index in [4.69, 9.17) is 5.26 Å². The highest BCUT2D eigenvalue weighted by Crippen LogP contribution is 2.09. The second-order valence-corrected chi connectivity index (χ2v) is 3.86. The molecule has 0 fully saturated rings. The average molecular weight is 214 g/mol. The van der Waals surface area contributed by atoms with E-state index in [1.807, 2.05) is 42.0 Å². The molecule has 0 saturated carbocycles. The van der Waals surface area contributed by atoms with Gasteiger partial charge in [0.15, 0.2) is 0 Å². The van der Waals surface area contributed by atoms with Crippen LogP contribution in [0.3, 0.4) is 0 Å². The van der Waals surface area contributed by atoms with Gasteiger partial charge in [-0.15, -0.1) is 0 Å². The molecule has 16 heavy (non-hydrogen) atoms. The van der Waals surface area contributed by atoms with Crippen LogP contribution in [0.25, 0.3) is 5.52 Å². The third-order valence-corrected chi connectivity index (χ3v) is 2.49. The van der Waals surface area contributed by atoms with E-state index in [1.165, 1.54) is 0 Å². The van der Waals surface area contributed by atoms with Crippen LogP contribution in [0.4, 0.5) is 0 Å². The third-order valence-electron chi connectivity index (χ3n) is 2.49. The lowest BCUT2D eigenvalue weighted by Crippen LogP contribution is -2.19. The van der Waals surface area contributed by atoms with Crippen LogP contribution in [-0.2, 0) is 6.54 Å². The molecule has 0 aromatic carbocycles. The molecule has 0 aliphatic rings. The lowest BCUT2D eigenvalue weighted by Gasteiger charge is -2.04. The standard InChI is InChI=1S/C12H14N4/c1-10(6-13)7-14-8-11-9-15-16-5-3-2-4-12(11)16/h2-5,9-10,14H,7-8H2,1H3. The van der Waals surface area contributed by atoms with E-state index in [-0.39, 0.29) is 5.92 Å². The predicted octanol–water partition coefficient (Wildman–Crippen LogP) is 1.58. The minimum absolute atomic E-state index is 0.0434. The van der Waals surface area contributed by atoms with Crippen molar-refractivity contribution in [1.82, 2.24) is 14.9 Å². The normalized spacial score (nSPS) is 12.5. The minimum Gasteiger partial charge on any atom is -0.311 e. The van der Waals surface area contributed by atoms with E-state index in [9.17, 15) is 0 Å². The zero-order valence-electron chi connectivity index (χ0n) is 9.22. The summed E-state index contributed by atoms with van der Waals surface area (Å²) in [6.45, 7) is 3.36. The molecule has 2 aromatic heterocycles. The van der Waals surface area contributed by atoms with Crippen LogP contribution in [0.15, 0.2) is 30.6 Å². The molecule has 4 nitrogen and oxygen atoms in total. The molecule has 0 saturated heterocycles. The van der Waals surface area contributed by atoms with E-state index < -0.39 is 0 Å². The smallest absolute Gasteiger partial charge is 0.0706 e. The van der Waals surface area contributed by atoms with Gasteiger partial charge in [-0.2, -0.15) is 10.4 Å². The van der Waals surface area contributed by atoms with Crippen LogP contribution in [0, 0.1) is 17.2 Å². The summed E-state index contributed by atoms with van der Waals surface area (Å²) in [6.07, 6.45) is 3.79. The number of nitriles is 1. The lowest BCUT2D eigenvalue weighted by molar-refractivity contribution is 0.603. The highest BCUT2D eigenvalue weighted by atomic mass is 15.2. The van der Waals surface area contributed by atoms with Crippen molar-refractivity contribution in [1.29, 1.82) is 5.26 Å². The van der Waals surface area contributed by atoms with Crippen LogP contribution in [0.2, 0.25) is 0 Å². The molecule has 0 spiro atoms. The van der Waals surface area contributed by atoms with E-state index in [0.29, 0.717) is 6.54 Å². The van der Waals surface area contributed by atoms with Gasteiger partial charge in [-0.05, 0) is 19.1 Å². The van der Waals surface area contributed by atoms with Crippen LogP contribution >= 0.6 is 0 Å². The second kappa shape index (κ2) is 4.77. The number of hydrogen-bond donors (Lipinski definition) is 1. The zero-order valence-corrected chi connectivity index (χ0v) is 9.22. The van der Waals surface area contributed by atoms with Gasteiger partial charge in [0.2, 0.25) is 0 Å². The Labute approximate surface area is 94.5 Å². The molecule has 4 heteroatoms. The molecule has 0 aliphatic heterocycles. The minimum atomic E-state index is 0.0434. The van der Waals surface area contributed by atoms with Gasteiger partial charge in [0.05, 0.1) is 23.7 Å². The second-order valence-electron chi connectivity index (χ2n) is 3.86. The lowest BCUT2D eigenvalue weighted by atomic mass is 10.2. The van der Waals surface area contributed by atoms with E-state index in [2.05, 4.69) is 16.5 Å². The molecule has 1 unspecified atom stereocenters. The van der Waals surface area contributed by atoms with Gasteiger partial charge in [-0.1, -0.05) is 6.07 Å². The van der Waals surface area contributed by atoms with Crippen molar-refractivity contribution in [3.05, 3.63) is 36.2 Å². The summed E-state index contributed by atoms with van der Waals surface area (Å²) in [5.41, 5.74) is 2.27. The molecule has 1 atom stereocenters. The van der Waals surface area contributed by atoms with Gasteiger partial charge in [0.25, 0.3) is 0 Å². The fourth-order valence-electron chi connectivity index (χ4n) is 1.59. The first-order valence-electron chi connectivity index (χ1n) is 5.33. The van der Waals surface area contributed by atoms with Crippen molar-refractivity contribution in [3.63, 3.8) is 0 Å². The Balaban J connectivity index is 2.02. The van der Waals surface area contributed by atoms with Gasteiger partial charge in [0, 0.05) is 24.8 Å². The van der Waals surface area contributed by atoms with Crippen molar-refractivity contribution in [2.24, 2.45) is 5.92 Å². The molecule has 1 N–H and O–H groups in total. The summed E-state index contributed by atoms with van der Waals surface area (Å²) < 4.78 is 1.85. The maximum Gasteiger partial charge on any atom is 0.0706 e. The topological polar surface area (TPSA) is 53.1 Å². The highest BCUT2D eigenvalue weighted by Gasteiger charge is 2.03. The van der Waals surface area contributed by atoms with E-state index in [0.717, 1.165) is 17.6 Å². The molecule has 2 rings (SSSR count). The summed E-state index contributed by atoms with van der Waals surface area (Å²) in [5, 5.41) is 16.2. The summed E-state index contributed by atoms with van der Waals surface area (Å²) in [7, 11) is 0. The van der Waals surface area contributed by atoms with Gasteiger partial charge in [-0.25, -0.2) is 4.52 Å². The molecule has 2 heterocycles. The Bertz CT molecular complexity index is 509. The monoisotopic (exact) mass is 214 g/mol. The molecule has 0 radical (unpaired) electrons. The molecular weight excluding hydrogens is 200 g/mol. The first kappa shape index (κ1) is 10.7. The summed E-state index contributed by atoms with van der Waals surface area (Å²) >= 11 is 0. The predicted molar refractivity (Wildman–Crippen MR) is 61.7 cm³/mol. The summed E-state index contributed by atoms with van der Waals surface area (Å²) in [4.78, 5) is 0. The van der Waals surface area contributed by atoms with E-state index >= 15 is 0 Å². The molecule has 0 amide bonds.